The summed E-state index contributed by atoms with van der Waals surface area (Å²) in [5.74, 6) is -0.943. The lowest BCUT2D eigenvalue weighted by Gasteiger charge is -2.41. The second-order valence-electron chi connectivity index (χ2n) is 6.55. The molecule has 1 aliphatic heterocycles. The van der Waals surface area contributed by atoms with E-state index in [-0.39, 0.29) is 11.2 Å². The summed E-state index contributed by atoms with van der Waals surface area (Å²) in [7, 11) is 0. The van der Waals surface area contributed by atoms with Crippen LogP contribution >= 0.6 is 0 Å². The summed E-state index contributed by atoms with van der Waals surface area (Å²) in [6.07, 6.45) is 3.52. The van der Waals surface area contributed by atoms with Crippen LogP contribution in [0.2, 0.25) is 0 Å². The number of hydrogen-bond donors (Lipinski definition) is 1. The van der Waals surface area contributed by atoms with Crippen molar-refractivity contribution in [2.24, 2.45) is 0 Å². The monoisotopic (exact) mass is 324 g/mol. The Morgan fingerprint density at radius 3 is 2.96 bits per heavy atom. The van der Waals surface area contributed by atoms with Crippen molar-refractivity contribution in [3.63, 3.8) is 0 Å². The highest BCUT2D eigenvalue weighted by Crippen LogP contribution is 2.42. The number of ether oxygens (including phenoxy) is 1. The summed E-state index contributed by atoms with van der Waals surface area (Å²) in [6, 6.07) is 12.0. The van der Waals surface area contributed by atoms with Crippen LogP contribution in [0.5, 0.6) is 0 Å². The summed E-state index contributed by atoms with van der Waals surface area (Å²) in [6.45, 7) is 3.15. The number of benzene rings is 1. The normalized spacial score (nSPS) is 23.3. The van der Waals surface area contributed by atoms with Crippen molar-refractivity contribution in [2.75, 3.05) is 19.7 Å². The van der Waals surface area contributed by atoms with Crippen LogP contribution in [-0.2, 0) is 23.3 Å². The molecule has 1 aliphatic carbocycles. The largest absolute Gasteiger partial charge is 0.478 e. The standard InChI is InChI=1S/C19H20N2O3/c22-18(23)15-5-6-16(20-11-15)12-21-9-10-24-19(13-21)8-7-14-3-1-2-4-17(14)19/h1-6,11H,7-10,12-13H2,(H,22,23). The summed E-state index contributed by atoms with van der Waals surface area (Å²) >= 11 is 0. The van der Waals surface area contributed by atoms with Crippen LogP contribution in [0.3, 0.4) is 0 Å². The van der Waals surface area contributed by atoms with Gasteiger partial charge < -0.3 is 9.84 Å². The van der Waals surface area contributed by atoms with Crippen molar-refractivity contribution in [1.82, 2.24) is 9.88 Å². The minimum Gasteiger partial charge on any atom is -0.478 e. The molecule has 1 N–H and O–H groups in total. The summed E-state index contributed by atoms with van der Waals surface area (Å²) in [5, 5.41) is 8.96. The molecule has 1 spiro atoms. The van der Waals surface area contributed by atoms with Gasteiger partial charge in [0.05, 0.1) is 17.9 Å². The van der Waals surface area contributed by atoms with Gasteiger partial charge in [-0.25, -0.2) is 4.79 Å². The molecule has 1 fully saturated rings. The molecule has 2 heterocycles. The first-order valence-corrected chi connectivity index (χ1v) is 8.29. The molecule has 1 saturated heterocycles. The van der Waals surface area contributed by atoms with E-state index >= 15 is 0 Å². The molecule has 5 heteroatoms. The fraction of sp³-hybridized carbons (Fsp3) is 0.368. The van der Waals surface area contributed by atoms with Crippen molar-refractivity contribution < 1.29 is 14.6 Å². The molecule has 2 aliphatic rings. The molecule has 0 radical (unpaired) electrons. The highest BCUT2D eigenvalue weighted by atomic mass is 16.5. The van der Waals surface area contributed by atoms with Gasteiger partial charge in [-0.2, -0.15) is 0 Å². The number of hydrogen-bond acceptors (Lipinski definition) is 4. The lowest BCUT2D eigenvalue weighted by Crippen LogP contribution is -2.48. The topological polar surface area (TPSA) is 62.7 Å². The van der Waals surface area contributed by atoms with E-state index in [0.29, 0.717) is 13.2 Å². The van der Waals surface area contributed by atoms with Crippen molar-refractivity contribution in [3.05, 3.63) is 65.0 Å². The number of aromatic nitrogens is 1. The van der Waals surface area contributed by atoms with Gasteiger partial charge in [0, 0.05) is 25.8 Å². The molecule has 5 nitrogen and oxygen atoms in total. The van der Waals surface area contributed by atoms with Crippen LogP contribution in [-0.4, -0.2) is 40.7 Å². The molecule has 0 saturated carbocycles. The summed E-state index contributed by atoms with van der Waals surface area (Å²) < 4.78 is 6.23. The maximum atomic E-state index is 10.9. The molecule has 2 aromatic rings. The smallest absolute Gasteiger partial charge is 0.337 e. The SMILES string of the molecule is O=C(O)c1ccc(CN2CCOC3(CCc4ccccc43)C2)nc1. The molecule has 1 aromatic carbocycles. The van der Waals surface area contributed by atoms with E-state index in [1.807, 2.05) is 0 Å². The third-order valence-corrected chi connectivity index (χ3v) is 5.03. The highest BCUT2D eigenvalue weighted by molar-refractivity contribution is 5.87. The first-order chi connectivity index (χ1) is 11.7. The van der Waals surface area contributed by atoms with Crippen molar-refractivity contribution in [1.29, 1.82) is 0 Å². The second-order valence-corrected chi connectivity index (χ2v) is 6.55. The third-order valence-electron chi connectivity index (χ3n) is 5.03. The average molecular weight is 324 g/mol. The van der Waals surface area contributed by atoms with E-state index in [1.165, 1.54) is 17.3 Å². The van der Waals surface area contributed by atoms with E-state index in [9.17, 15) is 4.79 Å². The van der Waals surface area contributed by atoms with Crippen molar-refractivity contribution in [3.8, 4) is 0 Å². The van der Waals surface area contributed by atoms with Crippen LogP contribution in [0.15, 0.2) is 42.6 Å². The number of nitrogens with zero attached hydrogens (tertiary/aromatic N) is 2. The zero-order valence-corrected chi connectivity index (χ0v) is 13.4. The lowest BCUT2D eigenvalue weighted by atomic mass is 9.93. The van der Waals surface area contributed by atoms with Gasteiger partial charge >= 0.3 is 5.97 Å². The van der Waals surface area contributed by atoms with Gasteiger partial charge in [0.1, 0.15) is 5.60 Å². The molecule has 1 atom stereocenters. The number of morpholine rings is 1. The van der Waals surface area contributed by atoms with Crippen LogP contribution in [0.25, 0.3) is 0 Å². The van der Waals surface area contributed by atoms with E-state index < -0.39 is 5.97 Å². The van der Waals surface area contributed by atoms with E-state index in [1.54, 1.807) is 12.1 Å². The lowest BCUT2D eigenvalue weighted by molar-refractivity contribution is -0.116. The van der Waals surface area contributed by atoms with Gasteiger partial charge in [-0.05, 0) is 36.1 Å². The Balaban J connectivity index is 1.51. The summed E-state index contributed by atoms with van der Waals surface area (Å²) in [4.78, 5) is 17.6. The molecular formula is C19H20N2O3. The predicted molar refractivity (Wildman–Crippen MR) is 88.9 cm³/mol. The Labute approximate surface area is 140 Å². The quantitative estimate of drug-likeness (QED) is 0.939. The Morgan fingerprint density at radius 2 is 2.17 bits per heavy atom. The first-order valence-electron chi connectivity index (χ1n) is 8.29. The Morgan fingerprint density at radius 1 is 1.29 bits per heavy atom. The zero-order chi connectivity index (χ0) is 16.6. The maximum absolute atomic E-state index is 10.9. The third kappa shape index (κ3) is 2.70. The fourth-order valence-electron chi connectivity index (χ4n) is 3.83. The van der Waals surface area contributed by atoms with Crippen LogP contribution in [0.4, 0.5) is 0 Å². The highest BCUT2D eigenvalue weighted by Gasteiger charge is 2.43. The van der Waals surface area contributed by atoms with E-state index in [4.69, 9.17) is 9.84 Å². The Kier molecular flexibility index (Phi) is 3.82. The molecule has 0 bridgehead atoms. The average Bonchev–Trinajstić information content (AvgIpc) is 2.94. The molecule has 1 unspecified atom stereocenters. The summed E-state index contributed by atoms with van der Waals surface area (Å²) in [5.41, 5.74) is 3.63. The molecule has 24 heavy (non-hydrogen) atoms. The van der Waals surface area contributed by atoms with E-state index in [2.05, 4.69) is 34.1 Å². The first kappa shape index (κ1) is 15.3. The van der Waals surface area contributed by atoms with Gasteiger partial charge in [0.15, 0.2) is 0 Å². The molecule has 124 valence electrons. The van der Waals surface area contributed by atoms with Gasteiger partial charge in [0.2, 0.25) is 0 Å². The van der Waals surface area contributed by atoms with Crippen LogP contribution in [0.1, 0.15) is 33.6 Å². The van der Waals surface area contributed by atoms with Gasteiger partial charge in [0.25, 0.3) is 0 Å². The molecular weight excluding hydrogens is 304 g/mol. The predicted octanol–water partition coefficient (Wildman–Crippen LogP) is 2.45. The number of fused-ring (bicyclic) bond motifs is 2. The number of aryl methyl sites for hydroxylation is 1. The fourth-order valence-corrected chi connectivity index (χ4v) is 3.83. The second kappa shape index (κ2) is 6.00. The Hall–Kier alpha value is -2.24. The number of pyridine rings is 1. The van der Waals surface area contributed by atoms with Gasteiger partial charge in [-0.1, -0.05) is 24.3 Å². The minimum absolute atomic E-state index is 0.199. The molecule has 4 rings (SSSR count). The van der Waals surface area contributed by atoms with E-state index in [0.717, 1.165) is 31.6 Å². The van der Waals surface area contributed by atoms with Gasteiger partial charge in [-0.15, -0.1) is 0 Å². The molecule has 1 aromatic heterocycles. The number of carboxylic acids is 1. The molecule has 0 amide bonds. The van der Waals surface area contributed by atoms with Crippen LogP contribution < -0.4 is 0 Å². The Bertz CT molecular complexity index is 755. The minimum atomic E-state index is -0.943. The number of aromatic carboxylic acids is 1. The number of rotatable bonds is 3. The zero-order valence-electron chi connectivity index (χ0n) is 13.4. The van der Waals surface area contributed by atoms with Gasteiger partial charge in [-0.3, -0.25) is 9.88 Å². The number of carbonyl (C=O) groups is 1. The van der Waals surface area contributed by atoms with Crippen LogP contribution in [0, 0.1) is 0 Å². The maximum Gasteiger partial charge on any atom is 0.337 e. The van der Waals surface area contributed by atoms with Crippen molar-refractivity contribution in [2.45, 2.75) is 25.0 Å². The number of carboxylic acid groups (broad SMARTS) is 1. The van der Waals surface area contributed by atoms with Crippen molar-refractivity contribution >= 4 is 5.97 Å².